The van der Waals surface area contributed by atoms with Crippen molar-refractivity contribution in [2.75, 3.05) is 25.6 Å². The zero-order chi connectivity index (χ0) is 17.1. The van der Waals surface area contributed by atoms with E-state index in [4.69, 9.17) is 0 Å². The monoisotopic (exact) mass is 326 g/mol. The van der Waals surface area contributed by atoms with Gasteiger partial charge in [-0.15, -0.1) is 0 Å². The molecule has 0 saturated heterocycles. The molecule has 0 bridgehead atoms. The largest absolute Gasteiger partial charge is 0.394 e. The van der Waals surface area contributed by atoms with E-state index in [-0.39, 0.29) is 18.5 Å². The van der Waals surface area contributed by atoms with Crippen LogP contribution in [0.1, 0.15) is 11.6 Å². The van der Waals surface area contributed by atoms with Gasteiger partial charge in [0.05, 0.1) is 12.6 Å². The van der Waals surface area contributed by atoms with E-state index in [9.17, 15) is 9.50 Å². The molecule has 0 aliphatic carbocycles. The normalized spacial score (nSPS) is 12.2. The van der Waals surface area contributed by atoms with Crippen LogP contribution in [-0.4, -0.2) is 40.3 Å². The molecule has 3 rings (SSSR count). The Hall–Kier alpha value is -2.73. The van der Waals surface area contributed by atoms with Crippen LogP contribution in [0.4, 0.5) is 10.2 Å². The molecule has 0 radical (unpaired) electrons. The molecule has 0 saturated carbocycles. The summed E-state index contributed by atoms with van der Waals surface area (Å²) in [6.45, 7) is -0.113. The van der Waals surface area contributed by atoms with Gasteiger partial charge in [0.25, 0.3) is 0 Å². The van der Waals surface area contributed by atoms with Crippen LogP contribution in [0.2, 0.25) is 0 Å². The van der Waals surface area contributed by atoms with Crippen LogP contribution in [0.25, 0.3) is 11.4 Å². The Labute approximate surface area is 140 Å². The van der Waals surface area contributed by atoms with E-state index in [1.54, 1.807) is 30.7 Å². The number of aromatic nitrogens is 3. The molecule has 0 aliphatic rings. The fourth-order valence-electron chi connectivity index (χ4n) is 2.61. The minimum absolute atomic E-state index is 0.113. The maximum atomic E-state index is 13.1. The highest BCUT2D eigenvalue weighted by atomic mass is 19.1. The van der Waals surface area contributed by atoms with Gasteiger partial charge in [-0.2, -0.15) is 0 Å². The van der Waals surface area contributed by atoms with Crippen molar-refractivity contribution < 1.29 is 9.50 Å². The Kier molecular flexibility index (Phi) is 4.57. The Morgan fingerprint density at radius 1 is 1.12 bits per heavy atom. The van der Waals surface area contributed by atoms with Gasteiger partial charge < -0.3 is 14.6 Å². The summed E-state index contributed by atoms with van der Waals surface area (Å²) < 4.78 is 15.0. The molecule has 5 nitrogen and oxygen atoms in total. The average molecular weight is 326 g/mol. The van der Waals surface area contributed by atoms with Crippen LogP contribution in [0.5, 0.6) is 0 Å². The van der Waals surface area contributed by atoms with Crippen molar-refractivity contribution in [3.8, 4) is 11.4 Å². The Morgan fingerprint density at radius 2 is 1.88 bits per heavy atom. The molecule has 0 fully saturated rings. The number of nitrogens with zero attached hydrogens (tertiary/aromatic N) is 4. The summed E-state index contributed by atoms with van der Waals surface area (Å²) in [4.78, 5) is 10.7. The number of aliphatic hydroxyl groups excluding tert-OH is 1. The van der Waals surface area contributed by atoms with Crippen molar-refractivity contribution in [1.82, 2.24) is 14.5 Å². The van der Waals surface area contributed by atoms with Crippen LogP contribution < -0.4 is 4.90 Å². The average Bonchev–Trinajstić information content (AvgIpc) is 3.07. The van der Waals surface area contributed by atoms with E-state index in [2.05, 4.69) is 9.97 Å². The first kappa shape index (κ1) is 16.1. The van der Waals surface area contributed by atoms with Crippen LogP contribution in [-0.2, 0) is 0 Å². The maximum Gasteiger partial charge on any atom is 0.142 e. The van der Waals surface area contributed by atoms with Crippen LogP contribution in [0, 0.1) is 5.82 Å². The smallest absolute Gasteiger partial charge is 0.142 e. The first-order chi connectivity index (χ1) is 11.6. The molecule has 1 N–H and O–H groups in total. The summed E-state index contributed by atoms with van der Waals surface area (Å²) in [7, 11) is 3.86. The molecule has 1 unspecified atom stereocenters. The molecule has 0 amide bonds. The predicted octanol–water partition coefficient (Wildman–Crippen LogP) is 2.73. The van der Waals surface area contributed by atoms with E-state index in [0.717, 1.165) is 16.9 Å². The Morgan fingerprint density at radius 3 is 2.46 bits per heavy atom. The highest BCUT2D eigenvalue weighted by Crippen LogP contribution is 2.26. The summed E-state index contributed by atoms with van der Waals surface area (Å²) in [5.74, 6) is 1.26. The number of imidazole rings is 1. The van der Waals surface area contributed by atoms with Crippen LogP contribution >= 0.6 is 0 Å². The number of hydrogen-bond donors (Lipinski definition) is 1. The van der Waals surface area contributed by atoms with Gasteiger partial charge in [-0.05, 0) is 29.8 Å². The van der Waals surface area contributed by atoms with Gasteiger partial charge in [0, 0.05) is 38.2 Å². The third kappa shape index (κ3) is 3.14. The second-order valence-corrected chi connectivity index (χ2v) is 5.71. The van der Waals surface area contributed by atoms with E-state index >= 15 is 0 Å². The summed E-state index contributed by atoms with van der Waals surface area (Å²) in [6, 6.07) is 9.65. The Bertz CT molecular complexity index is 797. The van der Waals surface area contributed by atoms with Crippen molar-refractivity contribution >= 4 is 5.82 Å². The number of halogens is 1. The number of rotatable bonds is 5. The summed E-state index contributed by atoms with van der Waals surface area (Å²) in [5.41, 5.74) is 1.67. The highest BCUT2D eigenvalue weighted by molar-refractivity contribution is 5.57. The van der Waals surface area contributed by atoms with E-state index in [1.807, 2.05) is 35.7 Å². The van der Waals surface area contributed by atoms with Crippen molar-refractivity contribution in [3.63, 3.8) is 0 Å². The van der Waals surface area contributed by atoms with Crippen molar-refractivity contribution in [1.29, 1.82) is 0 Å². The predicted molar refractivity (Wildman–Crippen MR) is 91.4 cm³/mol. The fourth-order valence-corrected chi connectivity index (χ4v) is 2.61. The first-order valence-corrected chi connectivity index (χ1v) is 7.63. The molecule has 1 aromatic carbocycles. The quantitative estimate of drug-likeness (QED) is 0.783. The number of anilines is 1. The van der Waals surface area contributed by atoms with Gasteiger partial charge in [-0.3, -0.25) is 0 Å². The lowest BCUT2D eigenvalue weighted by Gasteiger charge is -2.19. The summed E-state index contributed by atoms with van der Waals surface area (Å²) in [5, 5.41) is 9.84. The number of benzene rings is 1. The lowest BCUT2D eigenvalue weighted by Crippen LogP contribution is -2.15. The lowest BCUT2D eigenvalue weighted by atomic mass is 10.1. The number of pyridine rings is 1. The van der Waals surface area contributed by atoms with Crippen LogP contribution in [0.3, 0.4) is 0 Å². The minimum Gasteiger partial charge on any atom is -0.394 e. The van der Waals surface area contributed by atoms with Gasteiger partial charge in [0.1, 0.15) is 17.5 Å². The molecule has 3 aromatic rings. The molecular formula is C18H19FN4O. The lowest BCUT2D eigenvalue weighted by molar-refractivity contribution is 0.250. The summed E-state index contributed by atoms with van der Waals surface area (Å²) in [6.07, 6.45) is 5.24. The molecule has 24 heavy (non-hydrogen) atoms. The van der Waals surface area contributed by atoms with E-state index in [0.29, 0.717) is 5.82 Å². The number of aliphatic hydroxyl groups is 1. The molecule has 0 aliphatic heterocycles. The molecule has 0 spiro atoms. The van der Waals surface area contributed by atoms with Crippen LogP contribution in [0.15, 0.2) is 55.0 Å². The zero-order valence-electron chi connectivity index (χ0n) is 13.6. The number of hydrogen-bond acceptors (Lipinski definition) is 4. The molecule has 2 heterocycles. The van der Waals surface area contributed by atoms with Crippen molar-refractivity contribution in [2.24, 2.45) is 0 Å². The molecule has 1 atom stereocenters. The van der Waals surface area contributed by atoms with Gasteiger partial charge in [-0.1, -0.05) is 12.1 Å². The van der Waals surface area contributed by atoms with E-state index < -0.39 is 0 Å². The summed E-state index contributed by atoms with van der Waals surface area (Å²) >= 11 is 0. The third-order valence-corrected chi connectivity index (χ3v) is 3.90. The molecule has 6 heteroatoms. The highest BCUT2D eigenvalue weighted by Gasteiger charge is 2.17. The molecule has 124 valence electrons. The standard InChI is InChI=1S/C18H19FN4O/c1-22(2)17-8-5-14(11-21-17)18-20-9-10-23(18)16(12-24)13-3-6-15(19)7-4-13/h3-11,16,24H,12H2,1-2H3. The second-order valence-electron chi connectivity index (χ2n) is 5.71. The second kappa shape index (κ2) is 6.80. The topological polar surface area (TPSA) is 54.2 Å². The fraction of sp³-hybridized carbons (Fsp3) is 0.222. The SMILES string of the molecule is CN(C)c1ccc(-c2nccn2C(CO)c2ccc(F)cc2)cn1. The van der Waals surface area contributed by atoms with E-state index in [1.165, 1.54) is 12.1 Å². The first-order valence-electron chi connectivity index (χ1n) is 7.63. The van der Waals surface area contributed by atoms with Gasteiger partial charge >= 0.3 is 0 Å². The Balaban J connectivity index is 1.97. The molecular weight excluding hydrogens is 307 g/mol. The van der Waals surface area contributed by atoms with Gasteiger partial charge in [-0.25, -0.2) is 14.4 Å². The molecule has 2 aromatic heterocycles. The van der Waals surface area contributed by atoms with Gasteiger partial charge in [0.15, 0.2) is 0 Å². The minimum atomic E-state index is -0.336. The maximum absolute atomic E-state index is 13.1. The zero-order valence-corrected chi connectivity index (χ0v) is 13.6. The van der Waals surface area contributed by atoms with Crippen molar-refractivity contribution in [3.05, 3.63) is 66.4 Å². The van der Waals surface area contributed by atoms with Crippen molar-refractivity contribution in [2.45, 2.75) is 6.04 Å². The third-order valence-electron chi connectivity index (χ3n) is 3.90. The van der Waals surface area contributed by atoms with Gasteiger partial charge in [0.2, 0.25) is 0 Å².